The highest BCUT2D eigenvalue weighted by molar-refractivity contribution is 5.77. The molecular formula is C21H26N4O. The van der Waals surface area contributed by atoms with Gasteiger partial charge in [-0.2, -0.15) is 0 Å². The summed E-state index contributed by atoms with van der Waals surface area (Å²) in [5.41, 5.74) is 17.0. The summed E-state index contributed by atoms with van der Waals surface area (Å²) in [5, 5.41) is 0. The van der Waals surface area contributed by atoms with Crippen LogP contribution in [0.3, 0.4) is 0 Å². The Morgan fingerprint density at radius 1 is 1.08 bits per heavy atom. The Hall–Kier alpha value is -2.05. The van der Waals surface area contributed by atoms with Crippen molar-refractivity contribution in [1.82, 2.24) is 4.90 Å². The maximum atomic E-state index is 6.84. The average molecular weight is 350 g/mol. The first-order valence-corrected chi connectivity index (χ1v) is 9.21. The number of aliphatic imine (C=N–C) groups is 1. The summed E-state index contributed by atoms with van der Waals surface area (Å²) in [6, 6.07) is 16.4. The lowest BCUT2D eigenvalue weighted by molar-refractivity contribution is 0.0342. The number of nitrogens with two attached hydrogens (primary N) is 2. The third-order valence-corrected chi connectivity index (χ3v) is 5.37. The SMILES string of the molecule is NC1C=Nc2ccccc2C1(N)Cc1cccc(CN2CCOCC2)c1. The molecule has 0 saturated carbocycles. The lowest BCUT2D eigenvalue weighted by Crippen LogP contribution is -2.56. The highest BCUT2D eigenvalue weighted by atomic mass is 16.5. The van der Waals surface area contributed by atoms with Gasteiger partial charge in [0.2, 0.25) is 0 Å². The fraction of sp³-hybridized carbons (Fsp3) is 0.381. The number of fused-ring (bicyclic) bond motifs is 1. The Kier molecular flexibility index (Phi) is 4.87. The van der Waals surface area contributed by atoms with Gasteiger partial charge in [-0.05, 0) is 29.2 Å². The molecule has 4 N–H and O–H groups in total. The van der Waals surface area contributed by atoms with Crippen molar-refractivity contribution in [3.8, 4) is 0 Å². The molecule has 2 aliphatic rings. The maximum Gasteiger partial charge on any atom is 0.0677 e. The van der Waals surface area contributed by atoms with Crippen molar-refractivity contribution in [2.24, 2.45) is 16.5 Å². The molecule has 1 saturated heterocycles. The molecule has 2 atom stereocenters. The van der Waals surface area contributed by atoms with E-state index in [0.717, 1.165) is 44.1 Å². The molecule has 0 amide bonds. The van der Waals surface area contributed by atoms with Crippen molar-refractivity contribution in [3.63, 3.8) is 0 Å². The lowest BCUT2D eigenvalue weighted by Gasteiger charge is -2.37. The molecule has 136 valence electrons. The Balaban J connectivity index is 1.56. The summed E-state index contributed by atoms with van der Waals surface area (Å²) >= 11 is 0. The Morgan fingerprint density at radius 2 is 1.85 bits per heavy atom. The molecule has 1 fully saturated rings. The van der Waals surface area contributed by atoms with Crippen LogP contribution in [0.15, 0.2) is 53.5 Å². The van der Waals surface area contributed by atoms with Gasteiger partial charge in [-0.3, -0.25) is 9.89 Å². The Labute approximate surface area is 154 Å². The second kappa shape index (κ2) is 7.29. The van der Waals surface area contributed by atoms with E-state index >= 15 is 0 Å². The van der Waals surface area contributed by atoms with E-state index in [1.54, 1.807) is 6.21 Å². The quantitative estimate of drug-likeness (QED) is 0.884. The van der Waals surface area contributed by atoms with Crippen molar-refractivity contribution in [2.45, 2.75) is 24.5 Å². The molecule has 0 spiro atoms. The fourth-order valence-electron chi connectivity index (χ4n) is 3.86. The van der Waals surface area contributed by atoms with E-state index in [4.69, 9.17) is 16.2 Å². The lowest BCUT2D eigenvalue weighted by atomic mass is 9.77. The van der Waals surface area contributed by atoms with Crippen LogP contribution in [0.5, 0.6) is 0 Å². The summed E-state index contributed by atoms with van der Waals surface area (Å²) in [7, 11) is 0. The molecule has 0 aromatic heterocycles. The van der Waals surface area contributed by atoms with Crippen LogP contribution in [-0.2, 0) is 23.2 Å². The first-order valence-electron chi connectivity index (χ1n) is 9.21. The van der Waals surface area contributed by atoms with Gasteiger partial charge in [-0.15, -0.1) is 0 Å². The van der Waals surface area contributed by atoms with Gasteiger partial charge in [0.05, 0.1) is 30.5 Å². The number of hydrogen-bond donors (Lipinski definition) is 2. The maximum absolute atomic E-state index is 6.84. The molecule has 2 unspecified atom stereocenters. The van der Waals surface area contributed by atoms with Crippen molar-refractivity contribution in [2.75, 3.05) is 26.3 Å². The van der Waals surface area contributed by atoms with Gasteiger partial charge >= 0.3 is 0 Å². The van der Waals surface area contributed by atoms with Gasteiger partial charge in [0.15, 0.2) is 0 Å². The van der Waals surface area contributed by atoms with Gasteiger partial charge in [0, 0.05) is 25.8 Å². The number of rotatable bonds is 4. The number of para-hydroxylation sites is 1. The van der Waals surface area contributed by atoms with Crippen LogP contribution >= 0.6 is 0 Å². The van der Waals surface area contributed by atoms with Gasteiger partial charge in [-0.1, -0.05) is 42.5 Å². The van der Waals surface area contributed by atoms with Gasteiger partial charge in [0.1, 0.15) is 0 Å². The zero-order valence-corrected chi connectivity index (χ0v) is 15.0. The highest BCUT2D eigenvalue weighted by Gasteiger charge is 2.38. The summed E-state index contributed by atoms with van der Waals surface area (Å²) in [5.74, 6) is 0. The van der Waals surface area contributed by atoms with E-state index in [1.165, 1.54) is 11.1 Å². The van der Waals surface area contributed by atoms with E-state index in [9.17, 15) is 0 Å². The minimum Gasteiger partial charge on any atom is -0.379 e. The number of benzene rings is 2. The third kappa shape index (κ3) is 3.44. The van der Waals surface area contributed by atoms with E-state index in [-0.39, 0.29) is 6.04 Å². The number of morpholine rings is 1. The monoisotopic (exact) mass is 350 g/mol. The summed E-state index contributed by atoms with van der Waals surface area (Å²) in [6.45, 7) is 4.55. The van der Waals surface area contributed by atoms with E-state index in [2.05, 4.69) is 34.2 Å². The fourth-order valence-corrected chi connectivity index (χ4v) is 3.86. The minimum absolute atomic E-state index is 0.305. The highest BCUT2D eigenvalue weighted by Crippen LogP contribution is 2.36. The van der Waals surface area contributed by atoms with Crippen molar-refractivity contribution in [1.29, 1.82) is 0 Å². The Morgan fingerprint density at radius 3 is 2.69 bits per heavy atom. The molecule has 0 aliphatic carbocycles. The zero-order chi connectivity index (χ0) is 18.0. The summed E-state index contributed by atoms with van der Waals surface area (Å²) < 4.78 is 5.44. The van der Waals surface area contributed by atoms with E-state index < -0.39 is 5.54 Å². The topological polar surface area (TPSA) is 76.9 Å². The molecule has 26 heavy (non-hydrogen) atoms. The predicted octanol–water partition coefficient (Wildman–Crippen LogP) is 1.96. The van der Waals surface area contributed by atoms with Crippen LogP contribution in [0, 0.1) is 0 Å². The van der Waals surface area contributed by atoms with Crippen LogP contribution in [0.25, 0.3) is 0 Å². The van der Waals surface area contributed by atoms with Gasteiger partial charge in [0.25, 0.3) is 0 Å². The first kappa shape index (κ1) is 17.4. The molecule has 2 aliphatic heterocycles. The number of ether oxygens (including phenoxy) is 1. The molecular weight excluding hydrogens is 324 g/mol. The smallest absolute Gasteiger partial charge is 0.0677 e. The minimum atomic E-state index is -0.643. The molecule has 4 rings (SSSR count). The molecule has 0 radical (unpaired) electrons. The number of hydrogen-bond acceptors (Lipinski definition) is 5. The average Bonchev–Trinajstić information content (AvgIpc) is 2.66. The van der Waals surface area contributed by atoms with Crippen LogP contribution in [0.2, 0.25) is 0 Å². The third-order valence-electron chi connectivity index (χ3n) is 5.37. The first-order chi connectivity index (χ1) is 12.6. The standard InChI is InChI=1S/C21H26N4O/c22-20-14-24-19-7-2-1-6-18(19)21(20,23)13-16-4-3-5-17(12-16)15-25-8-10-26-11-9-25/h1-7,12,14,20H,8-11,13,15,22-23H2. The predicted molar refractivity (Wildman–Crippen MR) is 105 cm³/mol. The second-order valence-corrected chi connectivity index (χ2v) is 7.25. The summed E-state index contributed by atoms with van der Waals surface area (Å²) in [6.07, 6.45) is 2.47. The van der Waals surface area contributed by atoms with Crippen molar-refractivity contribution < 1.29 is 4.74 Å². The summed E-state index contributed by atoms with van der Waals surface area (Å²) in [4.78, 5) is 6.88. The van der Waals surface area contributed by atoms with Crippen LogP contribution in [-0.4, -0.2) is 43.5 Å². The second-order valence-electron chi connectivity index (χ2n) is 7.25. The van der Waals surface area contributed by atoms with Gasteiger partial charge in [-0.25, -0.2) is 0 Å². The van der Waals surface area contributed by atoms with Crippen molar-refractivity contribution >= 4 is 11.9 Å². The van der Waals surface area contributed by atoms with E-state index in [0.29, 0.717) is 6.42 Å². The molecule has 5 heteroatoms. The molecule has 5 nitrogen and oxygen atoms in total. The van der Waals surface area contributed by atoms with Crippen LogP contribution < -0.4 is 11.5 Å². The molecule has 2 aromatic carbocycles. The molecule has 2 heterocycles. The van der Waals surface area contributed by atoms with Crippen LogP contribution in [0.1, 0.15) is 16.7 Å². The largest absolute Gasteiger partial charge is 0.379 e. The van der Waals surface area contributed by atoms with Crippen molar-refractivity contribution in [3.05, 3.63) is 65.2 Å². The molecule has 0 bridgehead atoms. The van der Waals surface area contributed by atoms with Crippen LogP contribution in [0.4, 0.5) is 5.69 Å². The van der Waals surface area contributed by atoms with E-state index in [1.807, 2.05) is 24.3 Å². The zero-order valence-electron chi connectivity index (χ0n) is 15.0. The normalized spacial score (nSPS) is 25.8. The Bertz CT molecular complexity index is 800. The number of nitrogens with zero attached hydrogens (tertiary/aromatic N) is 2. The van der Waals surface area contributed by atoms with Gasteiger partial charge < -0.3 is 16.2 Å². The molecule has 2 aromatic rings.